The molecule has 132 valence electrons. The Balaban J connectivity index is 1.77. The molecule has 2 aromatic rings. The number of rotatable bonds is 4. The second kappa shape index (κ2) is 7.29. The third kappa shape index (κ3) is 3.70. The van der Waals surface area contributed by atoms with Crippen molar-refractivity contribution in [3.63, 3.8) is 0 Å². The van der Waals surface area contributed by atoms with E-state index in [1.165, 1.54) is 6.07 Å². The quantitative estimate of drug-likeness (QED) is 0.896. The van der Waals surface area contributed by atoms with Gasteiger partial charge in [-0.3, -0.25) is 9.69 Å². The predicted molar refractivity (Wildman–Crippen MR) is 91.9 cm³/mol. The molecule has 2 unspecified atom stereocenters. The standard InChI is InChI=1S/C19H21F2N3O/c1-24-9-8-17(18(24)14-6-7-15(20)16(21)10-14)23-19(25)13-4-2-12(11-22)3-5-13/h2-7,10,17-18H,8-9,11,22H2,1H3,(H,23,25). The zero-order chi connectivity index (χ0) is 18.0. The molecule has 25 heavy (non-hydrogen) atoms. The molecule has 6 heteroatoms. The second-order valence-corrected chi connectivity index (χ2v) is 6.37. The van der Waals surface area contributed by atoms with E-state index in [1.807, 2.05) is 24.1 Å². The van der Waals surface area contributed by atoms with Crippen LogP contribution in [0.25, 0.3) is 0 Å². The SMILES string of the molecule is CN1CCC(NC(=O)c2ccc(CN)cc2)C1c1ccc(F)c(F)c1. The highest BCUT2D eigenvalue weighted by molar-refractivity contribution is 5.94. The molecule has 1 heterocycles. The normalized spacial score (nSPS) is 20.6. The smallest absolute Gasteiger partial charge is 0.251 e. The van der Waals surface area contributed by atoms with Crippen molar-refractivity contribution in [1.29, 1.82) is 0 Å². The van der Waals surface area contributed by atoms with Crippen molar-refractivity contribution in [2.24, 2.45) is 5.73 Å². The van der Waals surface area contributed by atoms with E-state index in [-0.39, 0.29) is 18.0 Å². The summed E-state index contributed by atoms with van der Waals surface area (Å²) in [5.74, 6) is -1.93. The first-order valence-corrected chi connectivity index (χ1v) is 8.24. The molecule has 0 bridgehead atoms. The molecule has 0 radical (unpaired) electrons. The van der Waals surface area contributed by atoms with Crippen molar-refractivity contribution in [1.82, 2.24) is 10.2 Å². The van der Waals surface area contributed by atoms with Crippen LogP contribution in [0, 0.1) is 11.6 Å². The minimum atomic E-state index is -0.875. The van der Waals surface area contributed by atoms with Gasteiger partial charge in [-0.15, -0.1) is 0 Å². The fraction of sp³-hybridized carbons (Fsp3) is 0.316. The van der Waals surface area contributed by atoms with E-state index < -0.39 is 11.6 Å². The van der Waals surface area contributed by atoms with Gasteiger partial charge in [-0.05, 0) is 48.9 Å². The van der Waals surface area contributed by atoms with E-state index >= 15 is 0 Å². The fourth-order valence-electron chi connectivity index (χ4n) is 3.33. The Hall–Kier alpha value is -2.31. The number of hydrogen-bond donors (Lipinski definition) is 2. The van der Waals surface area contributed by atoms with Crippen LogP contribution >= 0.6 is 0 Å². The van der Waals surface area contributed by atoms with Gasteiger partial charge in [0, 0.05) is 18.7 Å². The van der Waals surface area contributed by atoms with Crippen molar-refractivity contribution in [2.75, 3.05) is 13.6 Å². The Kier molecular flexibility index (Phi) is 5.11. The maximum absolute atomic E-state index is 13.6. The molecule has 0 saturated carbocycles. The van der Waals surface area contributed by atoms with Gasteiger partial charge in [0.15, 0.2) is 11.6 Å². The van der Waals surface area contributed by atoms with E-state index in [9.17, 15) is 13.6 Å². The van der Waals surface area contributed by atoms with Crippen LogP contribution in [0.5, 0.6) is 0 Å². The van der Waals surface area contributed by atoms with E-state index in [2.05, 4.69) is 5.32 Å². The molecule has 4 nitrogen and oxygen atoms in total. The Morgan fingerprint density at radius 2 is 1.92 bits per heavy atom. The first-order chi connectivity index (χ1) is 12.0. The lowest BCUT2D eigenvalue weighted by molar-refractivity contribution is 0.0927. The first kappa shape index (κ1) is 17.5. The number of nitrogens with zero attached hydrogens (tertiary/aromatic N) is 1. The van der Waals surface area contributed by atoms with E-state index in [4.69, 9.17) is 5.73 Å². The van der Waals surface area contributed by atoms with Gasteiger partial charge >= 0.3 is 0 Å². The van der Waals surface area contributed by atoms with Gasteiger partial charge in [0.25, 0.3) is 5.91 Å². The minimum absolute atomic E-state index is 0.170. The number of nitrogens with one attached hydrogen (secondary N) is 1. The summed E-state index contributed by atoms with van der Waals surface area (Å²) in [6.07, 6.45) is 0.743. The number of likely N-dealkylation sites (tertiary alicyclic amines) is 1. The van der Waals surface area contributed by atoms with Crippen LogP contribution in [0.15, 0.2) is 42.5 Å². The molecule has 0 spiro atoms. The van der Waals surface area contributed by atoms with E-state index in [0.29, 0.717) is 17.7 Å². The summed E-state index contributed by atoms with van der Waals surface area (Å²) in [5, 5.41) is 3.02. The summed E-state index contributed by atoms with van der Waals surface area (Å²) in [6.45, 7) is 1.19. The summed E-state index contributed by atoms with van der Waals surface area (Å²) in [7, 11) is 1.91. The molecular formula is C19H21F2N3O. The van der Waals surface area contributed by atoms with Crippen LogP contribution < -0.4 is 11.1 Å². The summed E-state index contributed by atoms with van der Waals surface area (Å²) >= 11 is 0. The number of likely N-dealkylation sites (N-methyl/N-ethyl adjacent to an activating group) is 1. The molecule has 2 aromatic carbocycles. The lowest BCUT2D eigenvalue weighted by atomic mass is 9.99. The lowest BCUT2D eigenvalue weighted by Gasteiger charge is -2.26. The van der Waals surface area contributed by atoms with E-state index in [0.717, 1.165) is 24.6 Å². The number of nitrogens with two attached hydrogens (primary N) is 1. The summed E-state index contributed by atoms with van der Waals surface area (Å²) in [4.78, 5) is 14.5. The van der Waals surface area contributed by atoms with Gasteiger partial charge in [0.1, 0.15) is 0 Å². The van der Waals surface area contributed by atoms with Crippen LogP contribution in [0.1, 0.15) is 33.9 Å². The van der Waals surface area contributed by atoms with Gasteiger partial charge in [0.2, 0.25) is 0 Å². The average Bonchev–Trinajstić information content (AvgIpc) is 2.98. The molecule has 1 amide bonds. The summed E-state index contributed by atoms with van der Waals surface area (Å²) in [6, 6.07) is 10.7. The zero-order valence-electron chi connectivity index (χ0n) is 14.0. The second-order valence-electron chi connectivity index (χ2n) is 6.37. The van der Waals surface area contributed by atoms with Crippen LogP contribution in [0.4, 0.5) is 8.78 Å². The van der Waals surface area contributed by atoms with Crippen molar-refractivity contribution >= 4 is 5.91 Å². The first-order valence-electron chi connectivity index (χ1n) is 8.24. The maximum atomic E-state index is 13.6. The van der Waals surface area contributed by atoms with Crippen LogP contribution in [0.3, 0.4) is 0 Å². The zero-order valence-corrected chi connectivity index (χ0v) is 14.0. The Morgan fingerprint density at radius 3 is 2.56 bits per heavy atom. The molecule has 0 aromatic heterocycles. The highest BCUT2D eigenvalue weighted by Gasteiger charge is 2.34. The Morgan fingerprint density at radius 1 is 1.20 bits per heavy atom. The highest BCUT2D eigenvalue weighted by Crippen LogP contribution is 2.31. The van der Waals surface area contributed by atoms with E-state index in [1.54, 1.807) is 18.2 Å². The molecule has 2 atom stereocenters. The number of amides is 1. The van der Waals surface area contributed by atoms with Gasteiger partial charge in [0.05, 0.1) is 12.1 Å². The Labute approximate surface area is 145 Å². The monoisotopic (exact) mass is 345 g/mol. The lowest BCUT2D eigenvalue weighted by Crippen LogP contribution is -2.39. The van der Waals surface area contributed by atoms with Crippen molar-refractivity contribution < 1.29 is 13.6 Å². The molecule has 0 aliphatic carbocycles. The third-order valence-electron chi connectivity index (χ3n) is 4.70. The molecule has 3 rings (SSSR count). The number of hydrogen-bond acceptors (Lipinski definition) is 3. The minimum Gasteiger partial charge on any atom is -0.347 e. The van der Waals surface area contributed by atoms with Crippen molar-refractivity contribution in [2.45, 2.75) is 25.0 Å². The maximum Gasteiger partial charge on any atom is 0.251 e. The number of benzene rings is 2. The van der Waals surface area contributed by atoms with Gasteiger partial charge in [-0.2, -0.15) is 0 Å². The molecule has 3 N–H and O–H groups in total. The number of halogens is 2. The molecule has 1 aliphatic heterocycles. The Bertz CT molecular complexity index is 764. The van der Waals surface area contributed by atoms with Crippen molar-refractivity contribution in [3.05, 3.63) is 70.8 Å². The van der Waals surface area contributed by atoms with Crippen LogP contribution in [-0.4, -0.2) is 30.4 Å². The third-order valence-corrected chi connectivity index (χ3v) is 4.70. The van der Waals surface area contributed by atoms with Gasteiger partial charge < -0.3 is 11.1 Å². The number of carbonyl (C=O) groups is 1. The molecule has 1 fully saturated rings. The number of carbonyl (C=O) groups excluding carboxylic acids is 1. The van der Waals surface area contributed by atoms with Gasteiger partial charge in [-0.1, -0.05) is 18.2 Å². The average molecular weight is 345 g/mol. The highest BCUT2D eigenvalue weighted by atomic mass is 19.2. The summed E-state index contributed by atoms with van der Waals surface area (Å²) < 4.78 is 26.8. The largest absolute Gasteiger partial charge is 0.347 e. The topological polar surface area (TPSA) is 58.4 Å². The molecular weight excluding hydrogens is 324 g/mol. The summed E-state index contributed by atoms with van der Waals surface area (Å²) in [5.41, 5.74) is 7.73. The van der Waals surface area contributed by atoms with Crippen molar-refractivity contribution in [3.8, 4) is 0 Å². The van der Waals surface area contributed by atoms with Crippen LogP contribution in [-0.2, 0) is 6.54 Å². The van der Waals surface area contributed by atoms with Gasteiger partial charge in [-0.25, -0.2) is 8.78 Å². The molecule has 1 saturated heterocycles. The fourth-order valence-corrected chi connectivity index (χ4v) is 3.33. The molecule has 1 aliphatic rings. The predicted octanol–water partition coefficient (Wildman–Crippen LogP) is 2.60. The van der Waals surface area contributed by atoms with Crippen LogP contribution in [0.2, 0.25) is 0 Å².